The van der Waals surface area contributed by atoms with Gasteiger partial charge in [0.05, 0.1) is 0 Å². The Hall–Kier alpha value is -2.81. The first-order valence-corrected chi connectivity index (χ1v) is 12.0. The minimum Gasteiger partial charge on any atom is -0.423 e. The second-order valence-electron chi connectivity index (χ2n) is 9.85. The van der Waals surface area contributed by atoms with Crippen molar-refractivity contribution in [2.24, 2.45) is 5.18 Å². The van der Waals surface area contributed by atoms with Gasteiger partial charge in [0.1, 0.15) is 5.54 Å². The standard InChI is InChI=1S/C26H35N5O3/c1-25(2)31(24(32)34-25)14-13-27-19-26(28-33)20-29(17-22-9-5-3-6-10-22)15-16-30(21-26)18-23-11-7-4-8-12-23/h3-12,27H,13-21H2,1-2H3. The number of hydrogen-bond acceptors (Lipinski definition) is 7. The number of rotatable bonds is 10. The molecule has 8 nitrogen and oxygen atoms in total. The van der Waals surface area contributed by atoms with E-state index in [4.69, 9.17) is 4.74 Å². The molecule has 2 aromatic carbocycles. The van der Waals surface area contributed by atoms with Crippen LogP contribution in [-0.4, -0.2) is 77.9 Å². The topological polar surface area (TPSA) is 77.5 Å². The molecule has 0 radical (unpaired) electrons. The van der Waals surface area contributed by atoms with Crippen LogP contribution in [-0.2, 0) is 17.8 Å². The van der Waals surface area contributed by atoms with Crippen molar-refractivity contribution in [1.29, 1.82) is 0 Å². The van der Waals surface area contributed by atoms with Gasteiger partial charge in [-0.15, -0.1) is 0 Å². The van der Waals surface area contributed by atoms with Crippen LogP contribution in [0.25, 0.3) is 0 Å². The van der Waals surface area contributed by atoms with Crippen molar-refractivity contribution >= 4 is 6.09 Å². The molecule has 2 aliphatic rings. The quantitative estimate of drug-likeness (QED) is 0.429. The number of amides is 1. The monoisotopic (exact) mass is 465 g/mol. The van der Waals surface area contributed by atoms with Gasteiger partial charge in [0.25, 0.3) is 0 Å². The molecule has 1 amide bonds. The number of carbonyl (C=O) groups is 1. The fraction of sp³-hybridized carbons (Fsp3) is 0.500. The Morgan fingerprint density at radius 2 is 1.44 bits per heavy atom. The fourth-order valence-corrected chi connectivity index (χ4v) is 4.86. The zero-order chi connectivity index (χ0) is 24.0. The van der Waals surface area contributed by atoms with Crippen molar-refractivity contribution in [2.45, 2.75) is 38.2 Å². The van der Waals surface area contributed by atoms with Crippen molar-refractivity contribution < 1.29 is 9.53 Å². The molecule has 0 atom stereocenters. The number of nitrogens with zero attached hydrogens (tertiary/aromatic N) is 4. The molecule has 4 rings (SSSR count). The third-order valence-corrected chi connectivity index (χ3v) is 6.63. The maximum absolute atomic E-state index is 12.4. The van der Waals surface area contributed by atoms with Gasteiger partial charge >= 0.3 is 6.09 Å². The van der Waals surface area contributed by atoms with E-state index in [1.54, 1.807) is 4.90 Å². The van der Waals surface area contributed by atoms with Gasteiger partial charge in [0.15, 0.2) is 5.72 Å². The second kappa shape index (κ2) is 10.6. The molecule has 0 bridgehead atoms. The van der Waals surface area contributed by atoms with Crippen molar-refractivity contribution in [1.82, 2.24) is 20.0 Å². The Kier molecular flexibility index (Phi) is 7.60. The molecule has 0 saturated carbocycles. The Labute approximate surface area is 201 Å². The molecule has 0 spiro atoms. The van der Waals surface area contributed by atoms with Crippen molar-refractivity contribution in [3.05, 3.63) is 76.7 Å². The van der Waals surface area contributed by atoms with E-state index in [0.29, 0.717) is 32.7 Å². The highest BCUT2D eigenvalue weighted by atomic mass is 16.6. The van der Waals surface area contributed by atoms with Gasteiger partial charge in [0, 0.05) is 58.9 Å². The molecule has 182 valence electrons. The number of benzene rings is 2. The van der Waals surface area contributed by atoms with Crippen molar-refractivity contribution in [3.8, 4) is 0 Å². The van der Waals surface area contributed by atoms with Gasteiger partial charge in [0.2, 0.25) is 0 Å². The summed E-state index contributed by atoms with van der Waals surface area (Å²) in [5.41, 5.74) is 1.10. The molecule has 0 aromatic heterocycles. The Balaban J connectivity index is 1.43. The number of nitroso groups, excluding NO2 is 1. The second-order valence-corrected chi connectivity index (χ2v) is 9.85. The third kappa shape index (κ3) is 6.00. The number of hydrogen-bond donors (Lipinski definition) is 1. The molecule has 34 heavy (non-hydrogen) atoms. The minimum atomic E-state index is -0.787. The molecule has 8 heteroatoms. The first-order chi connectivity index (χ1) is 16.4. The van der Waals surface area contributed by atoms with E-state index >= 15 is 0 Å². The Morgan fingerprint density at radius 3 is 1.88 bits per heavy atom. The van der Waals surface area contributed by atoms with Crippen LogP contribution in [0.15, 0.2) is 65.8 Å². The van der Waals surface area contributed by atoms with Crippen LogP contribution in [0.1, 0.15) is 25.0 Å². The lowest BCUT2D eigenvalue weighted by Crippen LogP contribution is -2.63. The first-order valence-electron chi connectivity index (χ1n) is 12.0. The summed E-state index contributed by atoms with van der Waals surface area (Å²) < 4.78 is 5.16. The summed E-state index contributed by atoms with van der Waals surface area (Å²) in [7, 11) is 0. The molecule has 1 N–H and O–H groups in total. The normalized spacial score (nSPS) is 20.3. The van der Waals surface area contributed by atoms with E-state index in [-0.39, 0.29) is 6.09 Å². The highest BCUT2D eigenvalue weighted by Gasteiger charge is 2.45. The summed E-state index contributed by atoms with van der Waals surface area (Å²) in [6, 6.07) is 20.7. The number of carbonyl (C=O) groups excluding carboxylic acids is 1. The van der Waals surface area contributed by atoms with Crippen molar-refractivity contribution in [2.75, 3.05) is 45.8 Å². The van der Waals surface area contributed by atoms with Crippen LogP contribution < -0.4 is 5.32 Å². The largest absolute Gasteiger partial charge is 0.423 e. The number of ether oxygens (including phenoxy) is 1. The summed E-state index contributed by atoms with van der Waals surface area (Å²) in [5.74, 6) is 0. The SMILES string of the molecule is CC1(C)OC(=O)N1CCNCC1(N=O)CN(Cc2ccccc2)CCN(Cc2ccccc2)C1. The molecule has 0 unspecified atom stereocenters. The number of cyclic esters (lactones) is 1. The van der Waals surface area contributed by atoms with Gasteiger partial charge in [-0.1, -0.05) is 65.8 Å². The predicted octanol–water partition coefficient (Wildman–Crippen LogP) is 3.29. The average molecular weight is 466 g/mol. The zero-order valence-electron chi connectivity index (χ0n) is 20.2. The van der Waals surface area contributed by atoms with Crippen LogP contribution in [0.4, 0.5) is 4.79 Å². The first kappa shape index (κ1) is 24.3. The summed E-state index contributed by atoms with van der Waals surface area (Å²) in [6.07, 6.45) is -0.299. The molecule has 2 saturated heterocycles. The summed E-state index contributed by atoms with van der Waals surface area (Å²) in [5, 5.41) is 7.12. The predicted molar refractivity (Wildman–Crippen MR) is 132 cm³/mol. The van der Waals surface area contributed by atoms with Gasteiger partial charge in [-0.3, -0.25) is 14.7 Å². The maximum Gasteiger partial charge on any atom is 0.415 e. The molecule has 2 fully saturated rings. The average Bonchev–Trinajstić information content (AvgIpc) is 2.99. The molecular weight excluding hydrogens is 430 g/mol. The van der Waals surface area contributed by atoms with E-state index in [9.17, 15) is 9.70 Å². The zero-order valence-corrected chi connectivity index (χ0v) is 20.2. The van der Waals surface area contributed by atoms with Crippen LogP contribution in [0.5, 0.6) is 0 Å². The Morgan fingerprint density at radius 1 is 0.912 bits per heavy atom. The van der Waals surface area contributed by atoms with Gasteiger partial charge in [-0.25, -0.2) is 4.79 Å². The van der Waals surface area contributed by atoms with Crippen LogP contribution in [0, 0.1) is 4.91 Å². The molecular formula is C26H35N5O3. The lowest BCUT2D eigenvalue weighted by Gasteiger charge is -2.46. The summed E-state index contributed by atoms with van der Waals surface area (Å²) >= 11 is 0. The fourth-order valence-electron chi connectivity index (χ4n) is 4.86. The van der Waals surface area contributed by atoms with Gasteiger partial charge in [-0.2, -0.15) is 4.91 Å². The van der Waals surface area contributed by atoms with E-state index in [2.05, 4.69) is 44.6 Å². The van der Waals surface area contributed by atoms with Crippen LogP contribution in [0.3, 0.4) is 0 Å². The van der Waals surface area contributed by atoms with E-state index in [1.807, 2.05) is 50.2 Å². The lowest BCUT2D eigenvalue weighted by atomic mass is 9.98. The van der Waals surface area contributed by atoms with Crippen LogP contribution in [0.2, 0.25) is 0 Å². The van der Waals surface area contributed by atoms with Gasteiger partial charge < -0.3 is 10.1 Å². The highest BCUT2D eigenvalue weighted by Crippen LogP contribution is 2.27. The Bertz CT molecular complexity index is 902. The van der Waals surface area contributed by atoms with Crippen molar-refractivity contribution in [3.63, 3.8) is 0 Å². The molecule has 0 aliphatic carbocycles. The summed E-state index contributed by atoms with van der Waals surface area (Å²) in [6.45, 7) is 9.78. The lowest BCUT2D eigenvalue weighted by molar-refractivity contribution is -0.161. The highest BCUT2D eigenvalue weighted by molar-refractivity contribution is 5.74. The number of nitrogens with one attached hydrogen (secondary N) is 1. The van der Waals surface area contributed by atoms with E-state index in [1.165, 1.54) is 11.1 Å². The third-order valence-electron chi connectivity index (χ3n) is 6.63. The minimum absolute atomic E-state index is 0.299. The molecule has 2 heterocycles. The smallest absolute Gasteiger partial charge is 0.415 e. The van der Waals surface area contributed by atoms with Gasteiger partial charge in [-0.05, 0) is 25.0 Å². The summed E-state index contributed by atoms with van der Waals surface area (Å²) in [4.78, 5) is 30.4. The van der Waals surface area contributed by atoms with E-state index < -0.39 is 11.3 Å². The van der Waals surface area contributed by atoms with Crippen LogP contribution >= 0.6 is 0 Å². The maximum atomic E-state index is 12.4. The van der Waals surface area contributed by atoms with E-state index in [0.717, 1.165) is 26.2 Å². The molecule has 2 aromatic rings. The molecule has 2 aliphatic heterocycles.